The minimum atomic E-state index is -0.959. The van der Waals surface area contributed by atoms with E-state index in [0.29, 0.717) is 21.5 Å². The molecular formula is C14H9ClN2O4S. The summed E-state index contributed by atoms with van der Waals surface area (Å²) in [6, 6.07) is 4.89. The van der Waals surface area contributed by atoms with E-state index >= 15 is 0 Å². The summed E-state index contributed by atoms with van der Waals surface area (Å²) in [5.41, 5.74) is 1.01. The molecule has 0 aliphatic rings. The lowest BCUT2D eigenvalue weighted by Crippen LogP contribution is -2.14. The Bertz CT molecular complexity index is 871. The molecule has 3 aromatic heterocycles. The lowest BCUT2D eigenvalue weighted by molar-refractivity contribution is -0.136. The summed E-state index contributed by atoms with van der Waals surface area (Å²) < 4.78 is 5.16. The SMILES string of the molecule is O=C(O)Cc1sccc1NC(=O)c1cc2ccoc2c(Cl)n1. The number of thiophene rings is 1. The largest absolute Gasteiger partial charge is 0.481 e. The number of rotatable bonds is 4. The van der Waals surface area contributed by atoms with Crippen molar-refractivity contribution in [2.45, 2.75) is 6.42 Å². The van der Waals surface area contributed by atoms with Crippen molar-refractivity contribution in [1.29, 1.82) is 0 Å². The number of carboxylic acid groups (broad SMARTS) is 1. The minimum Gasteiger partial charge on any atom is -0.481 e. The Labute approximate surface area is 133 Å². The van der Waals surface area contributed by atoms with Gasteiger partial charge in [0.2, 0.25) is 0 Å². The molecule has 0 saturated carbocycles. The molecule has 0 saturated heterocycles. The molecular weight excluding hydrogens is 328 g/mol. The van der Waals surface area contributed by atoms with Crippen LogP contribution in [0, 0.1) is 0 Å². The number of hydrogen-bond donors (Lipinski definition) is 2. The van der Waals surface area contributed by atoms with Crippen LogP contribution in [0.25, 0.3) is 11.0 Å². The van der Waals surface area contributed by atoms with Crippen LogP contribution in [0.15, 0.2) is 34.3 Å². The van der Waals surface area contributed by atoms with Gasteiger partial charge in [0.15, 0.2) is 10.7 Å². The Morgan fingerprint density at radius 1 is 1.41 bits per heavy atom. The van der Waals surface area contributed by atoms with E-state index in [2.05, 4.69) is 10.3 Å². The molecule has 22 heavy (non-hydrogen) atoms. The summed E-state index contributed by atoms with van der Waals surface area (Å²) in [4.78, 5) is 27.6. The van der Waals surface area contributed by atoms with Gasteiger partial charge in [-0.2, -0.15) is 0 Å². The highest BCUT2D eigenvalue weighted by Crippen LogP contribution is 2.26. The van der Waals surface area contributed by atoms with E-state index in [1.165, 1.54) is 17.6 Å². The van der Waals surface area contributed by atoms with Crippen molar-refractivity contribution in [3.8, 4) is 0 Å². The van der Waals surface area contributed by atoms with Crippen LogP contribution in [0.5, 0.6) is 0 Å². The third kappa shape index (κ3) is 2.81. The standard InChI is InChI=1S/C14H9ClN2O4S/c15-13-12-7(1-3-21-12)5-9(16-13)14(20)17-8-2-4-22-10(8)6-11(18)19/h1-5H,6H2,(H,17,20)(H,18,19). The molecule has 112 valence electrons. The summed E-state index contributed by atoms with van der Waals surface area (Å²) in [6.45, 7) is 0. The number of aromatic nitrogens is 1. The maximum Gasteiger partial charge on any atom is 0.308 e. The first kappa shape index (κ1) is 14.6. The third-order valence-corrected chi connectivity index (χ3v) is 4.11. The molecule has 0 fully saturated rings. The van der Waals surface area contributed by atoms with Gasteiger partial charge in [-0.3, -0.25) is 9.59 Å². The molecule has 2 N–H and O–H groups in total. The first-order valence-electron chi connectivity index (χ1n) is 6.18. The van der Waals surface area contributed by atoms with E-state index in [1.807, 2.05) is 0 Å². The first-order valence-corrected chi connectivity index (χ1v) is 7.43. The van der Waals surface area contributed by atoms with Crippen molar-refractivity contribution in [3.63, 3.8) is 0 Å². The van der Waals surface area contributed by atoms with Crippen LogP contribution in [0.2, 0.25) is 5.15 Å². The van der Waals surface area contributed by atoms with Gasteiger partial charge >= 0.3 is 5.97 Å². The van der Waals surface area contributed by atoms with Gasteiger partial charge in [-0.1, -0.05) is 11.6 Å². The number of aliphatic carboxylic acids is 1. The number of halogens is 1. The second-order valence-electron chi connectivity index (χ2n) is 4.42. The number of furan rings is 1. The fourth-order valence-electron chi connectivity index (χ4n) is 1.97. The highest BCUT2D eigenvalue weighted by Gasteiger charge is 2.16. The molecule has 8 heteroatoms. The lowest BCUT2D eigenvalue weighted by atomic mass is 10.2. The quantitative estimate of drug-likeness (QED) is 0.712. The number of anilines is 1. The van der Waals surface area contributed by atoms with Crippen LogP contribution in [0.3, 0.4) is 0 Å². The summed E-state index contributed by atoms with van der Waals surface area (Å²) in [7, 11) is 0. The molecule has 6 nitrogen and oxygen atoms in total. The smallest absolute Gasteiger partial charge is 0.308 e. The zero-order chi connectivity index (χ0) is 15.7. The van der Waals surface area contributed by atoms with E-state index in [1.54, 1.807) is 23.6 Å². The summed E-state index contributed by atoms with van der Waals surface area (Å²) in [6.07, 6.45) is 1.31. The minimum absolute atomic E-state index is 0.101. The predicted octanol–water partition coefficient (Wildman–Crippen LogP) is 3.42. The van der Waals surface area contributed by atoms with E-state index in [-0.39, 0.29) is 17.3 Å². The highest BCUT2D eigenvalue weighted by molar-refractivity contribution is 7.10. The third-order valence-electron chi connectivity index (χ3n) is 2.93. The molecule has 0 bridgehead atoms. The molecule has 3 rings (SSSR count). The predicted molar refractivity (Wildman–Crippen MR) is 82.6 cm³/mol. The van der Waals surface area contributed by atoms with Gasteiger partial charge in [0.05, 0.1) is 18.4 Å². The molecule has 3 aromatic rings. The number of pyridine rings is 1. The van der Waals surface area contributed by atoms with Crippen molar-refractivity contribution in [1.82, 2.24) is 4.98 Å². The van der Waals surface area contributed by atoms with E-state index in [0.717, 1.165) is 0 Å². The van der Waals surface area contributed by atoms with Crippen molar-refractivity contribution in [2.75, 3.05) is 5.32 Å². The summed E-state index contributed by atoms with van der Waals surface area (Å²) in [5.74, 6) is -1.42. The summed E-state index contributed by atoms with van der Waals surface area (Å²) in [5, 5.41) is 14.0. The van der Waals surface area contributed by atoms with E-state index in [9.17, 15) is 9.59 Å². The lowest BCUT2D eigenvalue weighted by Gasteiger charge is -2.05. The Balaban J connectivity index is 1.87. The van der Waals surface area contributed by atoms with Crippen LogP contribution < -0.4 is 5.32 Å². The van der Waals surface area contributed by atoms with Crippen molar-refractivity contribution in [3.05, 3.63) is 45.6 Å². The number of carbonyl (C=O) groups excluding carboxylic acids is 1. The monoisotopic (exact) mass is 336 g/mol. The molecule has 0 aromatic carbocycles. The molecule has 3 heterocycles. The number of carbonyl (C=O) groups is 2. The van der Waals surface area contributed by atoms with Gasteiger partial charge in [-0.25, -0.2) is 4.98 Å². The van der Waals surface area contributed by atoms with Gasteiger partial charge < -0.3 is 14.8 Å². The number of nitrogens with zero attached hydrogens (tertiary/aromatic N) is 1. The van der Waals surface area contributed by atoms with E-state index in [4.69, 9.17) is 21.1 Å². The van der Waals surface area contributed by atoms with Gasteiger partial charge in [-0.15, -0.1) is 11.3 Å². The average Bonchev–Trinajstić information content (AvgIpc) is 3.08. The molecule has 0 radical (unpaired) electrons. The van der Waals surface area contributed by atoms with Gasteiger partial charge in [0.1, 0.15) is 5.69 Å². The number of nitrogens with one attached hydrogen (secondary N) is 1. The zero-order valence-electron chi connectivity index (χ0n) is 11.0. The molecule has 0 aliphatic carbocycles. The second kappa shape index (κ2) is 5.78. The van der Waals surface area contributed by atoms with Crippen LogP contribution in [0.1, 0.15) is 15.4 Å². The second-order valence-corrected chi connectivity index (χ2v) is 5.78. The van der Waals surface area contributed by atoms with Gasteiger partial charge in [0.25, 0.3) is 5.91 Å². The van der Waals surface area contributed by atoms with Crippen molar-refractivity contribution in [2.24, 2.45) is 0 Å². The van der Waals surface area contributed by atoms with Crippen molar-refractivity contribution >= 4 is 51.5 Å². The van der Waals surface area contributed by atoms with Crippen LogP contribution in [-0.4, -0.2) is 22.0 Å². The van der Waals surface area contributed by atoms with Crippen LogP contribution in [-0.2, 0) is 11.2 Å². The highest BCUT2D eigenvalue weighted by atomic mass is 35.5. The Hall–Kier alpha value is -2.38. The normalized spacial score (nSPS) is 10.8. The topological polar surface area (TPSA) is 92.4 Å². The molecule has 0 atom stereocenters. The Morgan fingerprint density at radius 3 is 3.00 bits per heavy atom. The fourth-order valence-corrected chi connectivity index (χ4v) is 3.03. The molecule has 0 unspecified atom stereocenters. The van der Waals surface area contributed by atoms with Crippen molar-refractivity contribution < 1.29 is 19.1 Å². The fraction of sp³-hybridized carbons (Fsp3) is 0.0714. The molecule has 0 spiro atoms. The van der Waals surface area contributed by atoms with Crippen LogP contribution >= 0.6 is 22.9 Å². The maximum absolute atomic E-state index is 12.3. The first-order chi connectivity index (χ1) is 10.5. The number of fused-ring (bicyclic) bond motifs is 1. The van der Waals surface area contributed by atoms with Gasteiger partial charge in [-0.05, 0) is 23.6 Å². The zero-order valence-corrected chi connectivity index (χ0v) is 12.6. The molecule has 1 amide bonds. The number of carboxylic acids is 1. The molecule has 0 aliphatic heterocycles. The maximum atomic E-state index is 12.3. The Kier molecular flexibility index (Phi) is 3.82. The van der Waals surface area contributed by atoms with Crippen LogP contribution in [0.4, 0.5) is 5.69 Å². The number of amides is 1. The average molecular weight is 337 g/mol. The number of hydrogen-bond acceptors (Lipinski definition) is 5. The van der Waals surface area contributed by atoms with Gasteiger partial charge in [0, 0.05) is 10.3 Å². The summed E-state index contributed by atoms with van der Waals surface area (Å²) >= 11 is 7.23. The Morgan fingerprint density at radius 2 is 2.23 bits per heavy atom. The van der Waals surface area contributed by atoms with E-state index < -0.39 is 11.9 Å².